The Balaban J connectivity index is 1.36. The van der Waals surface area contributed by atoms with E-state index in [1.807, 2.05) is 4.90 Å². The van der Waals surface area contributed by atoms with Gasteiger partial charge in [0, 0.05) is 38.3 Å². The topological polar surface area (TPSA) is 79.9 Å². The molecule has 2 fully saturated rings. The van der Waals surface area contributed by atoms with Crippen molar-refractivity contribution in [1.82, 2.24) is 24.0 Å². The van der Waals surface area contributed by atoms with E-state index in [9.17, 15) is 14.4 Å². The number of fused-ring (bicyclic) bond motifs is 1. The zero-order chi connectivity index (χ0) is 18.1. The number of nitrogens with zero attached hydrogens (tertiary/aromatic N) is 5. The van der Waals surface area contributed by atoms with Gasteiger partial charge in [-0.3, -0.25) is 14.0 Å². The van der Waals surface area contributed by atoms with Gasteiger partial charge in [0.05, 0.1) is 0 Å². The van der Waals surface area contributed by atoms with Crippen molar-refractivity contribution in [3.05, 3.63) is 34.9 Å². The largest absolute Gasteiger partial charge is 0.350 e. The molecule has 2 aliphatic rings. The number of carbonyl (C=O) groups excluding carboxylic acids is 2. The number of rotatable bonds is 3. The predicted octanol–water partition coefficient (Wildman–Crippen LogP) is 0.357. The second-order valence-corrected chi connectivity index (χ2v) is 7.06. The van der Waals surface area contributed by atoms with Crippen LogP contribution in [0.3, 0.4) is 0 Å². The molecule has 1 saturated carbocycles. The lowest BCUT2D eigenvalue weighted by Crippen LogP contribution is -2.52. The fourth-order valence-corrected chi connectivity index (χ4v) is 3.91. The minimum absolute atomic E-state index is 0.0723. The van der Waals surface area contributed by atoms with Crippen LogP contribution < -0.4 is 5.69 Å². The maximum absolute atomic E-state index is 12.5. The van der Waals surface area contributed by atoms with E-state index in [4.69, 9.17) is 0 Å². The van der Waals surface area contributed by atoms with Gasteiger partial charge < -0.3 is 9.80 Å². The molecule has 0 bridgehead atoms. The van der Waals surface area contributed by atoms with Gasteiger partial charge in [0.2, 0.25) is 11.8 Å². The van der Waals surface area contributed by atoms with Gasteiger partial charge in [0.15, 0.2) is 5.65 Å². The third kappa shape index (κ3) is 3.11. The number of aromatic nitrogens is 3. The van der Waals surface area contributed by atoms with Crippen molar-refractivity contribution in [3.63, 3.8) is 0 Å². The Morgan fingerprint density at radius 3 is 2.42 bits per heavy atom. The molecule has 0 radical (unpaired) electrons. The highest BCUT2D eigenvalue weighted by Crippen LogP contribution is 2.26. The molecule has 138 valence electrons. The summed E-state index contributed by atoms with van der Waals surface area (Å²) in [6.07, 6.45) is 5.91. The highest BCUT2D eigenvalue weighted by Gasteiger charge is 2.30. The van der Waals surface area contributed by atoms with Crippen LogP contribution in [-0.4, -0.2) is 62.0 Å². The van der Waals surface area contributed by atoms with Crippen LogP contribution in [0.5, 0.6) is 0 Å². The van der Waals surface area contributed by atoms with E-state index in [0.29, 0.717) is 31.8 Å². The summed E-state index contributed by atoms with van der Waals surface area (Å²) in [5.41, 5.74) is 0.210. The summed E-state index contributed by atoms with van der Waals surface area (Å²) in [7, 11) is 0. The Kier molecular flexibility index (Phi) is 4.48. The Morgan fingerprint density at radius 1 is 1.04 bits per heavy atom. The van der Waals surface area contributed by atoms with Crippen LogP contribution >= 0.6 is 0 Å². The normalized spacial score (nSPS) is 18.6. The molecule has 2 aromatic heterocycles. The summed E-state index contributed by atoms with van der Waals surface area (Å²) in [6.45, 7) is 2.10. The van der Waals surface area contributed by atoms with Crippen LogP contribution in [0.2, 0.25) is 0 Å². The van der Waals surface area contributed by atoms with E-state index in [2.05, 4.69) is 5.10 Å². The molecule has 4 rings (SSSR count). The molecule has 0 atom stereocenters. The van der Waals surface area contributed by atoms with Crippen molar-refractivity contribution >= 4 is 17.5 Å². The molecule has 26 heavy (non-hydrogen) atoms. The molecule has 0 aromatic carbocycles. The number of carbonyl (C=O) groups is 2. The number of piperazine rings is 1. The molecule has 8 nitrogen and oxygen atoms in total. The second kappa shape index (κ2) is 6.93. The van der Waals surface area contributed by atoms with Crippen LogP contribution in [-0.2, 0) is 16.1 Å². The van der Waals surface area contributed by atoms with Gasteiger partial charge in [-0.1, -0.05) is 18.9 Å². The molecule has 3 heterocycles. The van der Waals surface area contributed by atoms with Crippen LogP contribution in [0.25, 0.3) is 5.65 Å². The molecule has 0 spiro atoms. The summed E-state index contributed by atoms with van der Waals surface area (Å²) >= 11 is 0. The average molecular weight is 357 g/mol. The second-order valence-electron chi connectivity index (χ2n) is 7.06. The van der Waals surface area contributed by atoms with E-state index >= 15 is 0 Å². The lowest BCUT2D eigenvalue weighted by Gasteiger charge is -2.36. The first-order chi connectivity index (χ1) is 12.6. The SMILES string of the molecule is O=C(Cn1nc2ccccn2c1=O)N1CCN(C(=O)C2CCCC2)CC1. The Labute approximate surface area is 151 Å². The molecule has 0 N–H and O–H groups in total. The van der Waals surface area contributed by atoms with Crippen molar-refractivity contribution < 1.29 is 9.59 Å². The number of pyridine rings is 1. The van der Waals surface area contributed by atoms with E-state index in [-0.39, 0.29) is 30.0 Å². The molecular formula is C18H23N5O3. The molecule has 2 amide bonds. The maximum Gasteiger partial charge on any atom is 0.350 e. The summed E-state index contributed by atoms with van der Waals surface area (Å²) in [5, 5.41) is 4.20. The molecule has 8 heteroatoms. The third-order valence-corrected chi connectivity index (χ3v) is 5.42. The minimum atomic E-state index is -0.316. The van der Waals surface area contributed by atoms with Gasteiger partial charge in [0.25, 0.3) is 0 Å². The first-order valence-corrected chi connectivity index (χ1v) is 9.24. The van der Waals surface area contributed by atoms with Crippen LogP contribution in [0.15, 0.2) is 29.2 Å². The zero-order valence-electron chi connectivity index (χ0n) is 14.7. The number of hydrogen-bond acceptors (Lipinski definition) is 4. The summed E-state index contributed by atoms with van der Waals surface area (Å²) in [4.78, 5) is 40.9. The Hall–Kier alpha value is -2.64. The summed E-state index contributed by atoms with van der Waals surface area (Å²) in [6, 6.07) is 5.28. The third-order valence-electron chi connectivity index (χ3n) is 5.42. The molecular weight excluding hydrogens is 334 g/mol. The smallest absolute Gasteiger partial charge is 0.339 e. The van der Waals surface area contributed by atoms with Gasteiger partial charge in [-0.05, 0) is 25.0 Å². The molecule has 1 aliphatic carbocycles. The molecule has 1 aliphatic heterocycles. The van der Waals surface area contributed by atoms with Crippen molar-refractivity contribution in [3.8, 4) is 0 Å². The van der Waals surface area contributed by atoms with Gasteiger partial charge in [-0.2, -0.15) is 0 Å². The maximum atomic E-state index is 12.5. The van der Waals surface area contributed by atoms with Crippen molar-refractivity contribution in [2.75, 3.05) is 26.2 Å². The van der Waals surface area contributed by atoms with Crippen molar-refractivity contribution in [2.45, 2.75) is 32.2 Å². The fourth-order valence-electron chi connectivity index (χ4n) is 3.91. The quantitative estimate of drug-likeness (QED) is 0.794. The monoisotopic (exact) mass is 357 g/mol. The molecule has 1 saturated heterocycles. The van der Waals surface area contributed by atoms with E-state index in [1.165, 1.54) is 9.08 Å². The lowest BCUT2D eigenvalue weighted by atomic mass is 10.1. The lowest BCUT2D eigenvalue weighted by molar-refractivity contribution is -0.142. The van der Waals surface area contributed by atoms with Gasteiger partial charge >= 0.3 is 5.69 Å². The van der Waals surface area contributed by atoms with Gasteiger partial charge in [-0.25, -0.2) is 9.48 Å². The van der Waals surface area contributed by atoms with Crippen LogP contribution in [0.4, 0.5) is 0 Å². The van der Waals surface area contributed by atoms with E-state index in [0.717, 1.165) is 25.7 Å². The predicted molar refractivity (Wildman–Crippen MR) is 94.6 cm³/mol. The number of hydrogen-bond donors (Lipinski definition) is 0. The fraction of sp³-hybridized carbons (Fsp3) is 0.556. The molecule has 0 unspecified atom stereocenters. The highest BCUT2D eigenvalue weighted by molar-refractivity contribution is 5.80. The summed E-state index contributed by atoms with van der Waals surface area (Å²) < 4.78 is 2.62. The highest BCUT2D eigenvalue weighted by atomic mass is 16.2. The van der Waals surface area contributed by atoms with Gasteiger partial charge in [-0.15, -0.1) is 5.10 Å². The Morgan fingerprint density at radius 2 is 1.73 bits per heavy atom. The van der Waals surface area contributed by atoms with Gasteiger partial charge in [0.1, 0.15) is 6.54 Å². The first-order valence-electron chi connectivity index (χ1n) is 9.24. The van der Waals surface area contributed by atoms with Crippen molar-refractivity contribution in [2.24, 2.45) is 5.92 Å². The minimum Gasteiger partial charge on any atom is -0.339 e. The summed E-state index contributed by atoms with van der Waals surface area (Å²) in [5.74, 6) is 0.281. The van der Waals surface area contributed by atoms with Crippen LogP contribution in [0, 0.1) is 5.92 Å². The first kappa shape index (κ1) is 16.8. The standard InChI is InChI=1S/C18H23N5O3/c24-16(13-23-18(26)22-8-4-3-7-15(22)19-23)20-9-11-21(12-10-20)17(25)14-5-1-2-6-14/h3-4,7-8,14H,1-2,5-6,9-13H2. The van der Waals surface area contributed by atoms with E-state index in [1.54, 1.807) is 29.3 Å². The van der Waals surface area contributed by atoms with Crippen LogP contribution in [0.1, 0.15) is 25.7 Å². The zero-order valence-corrected chi connectivity index (χ0v) is 14.7. The number of amides is 2. The molecule has 2 aromatic rings. The van der Waals surface area contributed by atoms with Crippen molar-refractivity contribution in [1.29, 1.82) is 0 Å². The van der Waals surface area contributed by atoms with E-state index < -0.39 is 0 Å². The Bertz CT molecular complexity index is 872. The average Bonchev–Trinajstić information content (AvgIpc) is 3.31.